The van der Waals surface area contributed by atoms with Crippen molar-refractivity contribution in [3.63, 3.8) is 0 Å². The molecule has 8 heteroatoms. The fraction of sp³-hybridized carbons (Fsp3) is 0.231. The van der Waals surface area contributed by atoms with E-state index in [1.54, 1.807) is 0 Å². The minimum atomic E-state index is -1.20. The molecule has 0 atom stereocenters. The van der Waals surface area contributed by atoms with Crippen molar-refractivity contribution < 1.29 is 14.8 Å². The summed E-state index contributed by atoms with van der Waals surface area (Å²) in [5.41, 5.74) is 0.547. The standard InChI is InChI=1S/C13H13N3O4S/c1-8-15-9(7-21-8)5-6-14-12-10(13(17)18)3-2-4-11(12)16(19)20/h2-4,7,14H,5-6H2,1H3,(H,17,18). The van der Waals surface area contributed by atoms with Crippen LogP contribution in [-0.4, -0.2) is 27.5 Å². The topological polar surface area (TPSA) is 105 Å². The average molecular weight is 307 g/mol. The quantitative estimate of drug-likeness (QED) is 0.628. The number of nitro groups is 1. The van der Waals surface area contributed by atoms with Crippen LogP contribution in [0.4, 0.5) is 11.4 Å². The molecule has 0 radical (unpaired) electrons. The molecule has 0 saturated carbocycles. The van der Waals surface area contributed by atoms with E-state index in [1.165, 1.54) is 29.5 Å². The van der Waals surface area contributed by atoms with Crippen molar-refractivity contribution in [2.45, 2.75) is 13.3 Å². The molecular formula is C13H13N3O4S. The van der Waals surface area contributed by atoms with Crippen LogP contribution in [0.2, 0.25) is 0 Å². The molecule has 0 aliphatic carbocycles. The van der Waals surface area contributed by atoms with Gasteiger partial charge in [-0.25, -0.2) is 9.78 Å². The largest absolute Gasteiger partial charge is 0.478 e. The van der Waals surface area contributed by atoms with Crippen LogP contribution in [-0.2, 0) is 6.42 Å². The maximum Gasteiger partial charge on any atom is 0.338 e. The normalized spacial score (nSPS) is 10.3. The van der Waals surface area contributed by atoms with E-state index in [0.29, 0.717) is 13.0 Å². The molecule has 1 heterocycles. The van der Waals surface area contributed by atoms with Crippen LogP contribution in [0.1, 0.15) is 21.1 Å². The molecule has 0 unspecified atom stereocenters. The van der Waals surface area contributed by atoms with E-state index in [-0.39, 0.29) is 16.9 Å². The van der Waals surface area contributed by atoms with Crippen molar-refractivity contribution in [2.75, 3.05) is 11.9 Å². The number of nitrogens with one attached hydrogen (secondary N) is 1. The number of rotatable bonds is 6. The number of aromatic nitrogens is 1. The van der Waals surface area contributed by atoms with Crippen LogP contribution in [0.3, 0.4) is 0 Å². The highest BCUT2D eigenvalue weighted by Gasteiger charge is 2.20. The van der Waals surface area contributed by atoms with E-state index in [2.05, 4.69) is 10.3 Å². The second-order valence-corrected chi connectivity index (χ2v) is 5.36. The molecule has 2 N–H and O–H groups in total. The maximum atomic E-state index is 11.2. The lowest BCUT2D eigenvalue weighted by Crippen LogP contribution is -2.11. The Balaban J connectivity index is 2.17. The molecule has 0 amide bonds. The number of benzene rings is 1. The van der Waals surface area contributed by atoms with Crippen LogP contribution < -0.4 is 5.32 Å². The predicted octanol–water partition coefficient (Wildman–Crippen LogP) is 2.71. The molecule has 21 heavy (non-hydrogen) atoms. The van der Waals surface area contributed by atoms with Gasteiger partial charge in [-0.3, -0.25) is 10.1 Å². The molecule has 0 fully saturated rings. The van der Waals surface area contributed by atoms with E-state index in [4.69, 9.17) is 5.11 Å². The zero-order valence-corrected chi connectivity index (χ0v) is 12.0. The molecule has 1 aromatic heterocycles. The van der Waals surface area contributed by atoms with Crippen molar-refractivity contribution in [2.24, 2.45) is 0 Å². The Labute approximate surface area is 124 Å². The molecule has 0 saturated heterocycles. The number of carboxylic acids is 1. The Morgan fingerprint density at radius 2 is 2.29 bits per heavy atom. The Hall–Kier alpha value is -2.48. The number of thiazole rings is 1. The van der Waals surface area contributed by atoms with Gasteiger partial charge in [0.1, 0.15) is 5.69 Å². The Bertz CT molecular complexity index is 652. The summed E-state index contributed by atoms with van der Waals surface area (Å²) < 4.78 is 0. The number of nitro benzene ring substituents is 1. The van der Waals surface area contributed by atoms with Crippen LogP contribution in [0.15, 0.2) is 23.6 Å². The minimum absolute atomic E-state index is 0.0296. The highest BCUT2D eigenvalue weighted by molar-refractivity contribution is 7.09. The van der Waals surface area contributed by atoms with Gasteiger partial charge in [-0.05, 0) is 13.0 Å². The fourth-order valence-electron chi connectivity index (χ4n) is 1.89. The predicted molar refractivity (Wildman–Crippen MR) is 79.1 cm³/mol. The van der Waals surface area contributed by atoms with Crippen molar-refractivity contribution in [3.05, 3.63) is 50.0 Å². The summed E-state index contributed by atoms with van der Waals surface area (Å²) >= 11 is 1.53. The fourth-order valence-corrected chi connectivity index (χ4v) is 2.54. The first-order valence-corrected chi connectivity index (χ1v) is 7.02. The van der Waals surface area contributed by atoms with Crippen molar-refractivity contribution in [1.82, 2.24) is 4.98 Å². The lowest BCUT2D eigenvalue weighted by atomic mass is 10.1. The third kappa shape index (κ3) is 3.54. The van der Waals surface area contributed by atoms with E-state index in [1.807, 2.05) is 12.3 Å². The zero-order chi connectivity index (χ0) is 15.4. The highest BCUT2D eigenvalue weighted by Crippen LogP contribution is 2.28. The maximum absolute atomic E-state index is 11.2. The Morgan fingerprint density at radius 1 is 1.52 bits per heavy atom. The lowest BCUT2D eigenvalue weighted by molar-refractivity contribution is -0.384. The van der Waals surface area contributed by atoms with Crippen molar-refractivity contribution >= 4 is 28.7 Å². The number of anilines is 1. The van der Waals surface area contributed by atoms with E-state index < -0.39 is 10.9 Å². The minimum Gasteiger partial charge on any atom is -0.478 e. The van der Waals surface area contributed by atoms with Crippen molar-refractivity contribution in [3.8, 4) is 0 Å². The molecule has 0 bridgehead atoms. The molecule has 7 nitrogen and oxygen atoms in total. The molecule has 2 rings (SSSR count). The summed E-state index contributed by atoms with van der Waals surface area (Å²) in [5, 5.41) is 25.8. The molecule has 0 aliphatic rings. The van der Waals surface area contributed by atoms with Gasteiger partial charge in [-0.15, -0.1) is 11.3 Å². The number of hydrogen-bond acceptors (Lipinski definition) is 6. The smallest absolute Gasteiger partial charge is 0.338 e. The van der Waals surface area contributed by atoms with Crippen LogP contribution in [0.5, 0.6) is 0 Å². The van der Waals surface area contributed by atoms with Gasteiger partial charge < -0.3 is 10.4 Å². The number of hydrogen-bond donors (Lipinski definition) is 2. The number of aromatic carboxylic acids is 1. The van der Waals surface area contributed by atoms with Crippen LogP contribution in [0, 0.1) is 17.0 Å². The van der Waals surface area contributed by atoms with Gasteiger partial charge in [0.2, 0.25) is 0 Å². The SMILES string of the molecule is Cc1nc(CCNc2c(C(=O)O)cccc2[N+](=O)[O-])cs1. The third-order valence-electron chi connectivity index (χ3n) is 2.82. The first-order chi connectivity index (χ1) is 9.99. The van der Waals surface area contributed by atoms with E-state index in [9.17, 15) is 14.9 Å². The second-order valence-electron chi connectivity index (χ2n) is 4.30. The Kier molecular flexibility index (Phi) is 4.49. The Morgan fingerprint density at radius 3 is 2.86 bits per heavy atom. The molecule has 0 aliphatic heterocycles. The van der Waals surface area contributed by atoms with E-state index >= 15 is 0 Å². The van der Waals surface area contributed by atoms with Gasteiger partial charge in [-0.1, -0.05) is 6.07 Å². The third-order valence-corrected chi connectivity index (χ3v) is 3.64. The van der Waals surface area contributed by atoms with Gasteiger partial charge in [0.25, 0.3) is 5.69 Å². The number of nitrogens with zero attached hydrogens (tertiary/aromatic N) is 2. The number of aryl methyl sites for hydroxylation is 1. The van der Waals surface area contributed by atoms with Gasteiger partial charge in [0, 0.05) is 24.4 Å². The van der Waals surface area contributed by atoms with Crippen LogP contribution in [0.25, 0.3) is 0 Å². The molecule has 1 aromatic carbocycles. The molecule has 110 valence electrons. The van der Waals surface area contributed by atoms with Gasteiger partial charge >= 0.3 is 5.97 Å². The average Bonchev–Trinajstić information content (AvgIpc) is 2.84. The lowest BCUT2D eigenvalue weighted by Gasteiger charge is -2.09. The van der Waals surface area contributed by atoms with Gasteiger partial charge in [-0.2, -0.15) is 0 Å². The summed E-state index contributed by atoms with van der Waals surface area (Å²) in [6.45, 7) is 2.26. The van der Waals surface area contributed by atoms with E-state index in [0.717, 1.165) is 10.7 Å². The number of carboxylic acid groups (broad SMARTS) is 1. The molecule has 0 spiro atoms. The van der Waals surface area contributed by atoms with Gasteiger partial charge in [0.05, 0.1) is 21.2 Å². The summed E-state index contributed by atoms with van der Waals surface area (Å²) in [6.07, 6.45) is 0.565. The summed E-state index contributed by atoms with van der Waals surface area (Å²) in [7, 11) is 0. The second kappa shape index (κ2) is 6.31. The first kappa shape index (κ1) is 14.9. The monoisotopic (exact) mass is 307 g/mol. The number of carbonyl (C=O) groups is 1. The summed E-state index contributed by atoms with van der Waals surface area (Å²) in [6, 6.07) is 3.98. The summed E-state index contributed by atoms with van der Waals surface area (Å²) in [5.74, 6) is -1.20. The van der Waals surface area contributed by atoms with Crippen LogP contribution >= 0.6 is 11.3 Å². The van der Waals surface area contributed by atoms with Crippen molar-refractivity contribution in [1.29, 1.82) is 0 Å². The first-order valence-electron chi connectivity index (χ1n) is 6.14. The number of para-hydroxylation sites is 1. The highest BCUT2D eigenvalue weighted by atomic mass is 32.1. The molecule has 2 aromatic rings. The zero-order valence-electron chi connectivity index (χ0n) is 11.2. The van der Waals surface area contributed by atoms with Gasteiger partial charge in [0.15, 0.2) is 0 Å². The molecular weight excluding hydrogens is 294 g/mol. The summed E-state index contributed by atoms with van der Waals surface area (Å²) in [4.78, 5) is 25.8.